The normalized spacial score (nSPS) is 18.8. The van der Waals surface area contributed by atoms with Crippen LogP contribution in [0.5, 0.6) is 0 Å². The second-order valence-corrected chi connectivity index (χ2v) is 4.56. The molecule has 1 aromatic carbocycles. The third-order valence-electron chi connectivity index (χ3n) is 3.36. The van der Waals surface area contributed by atoms with E-state index in [9.17, 15) is 14.9 Å². The maximum absolute atomic E-state index is 12.3. The number of nitrogens with one attached hydrogen (secondary N) is 1. The van der Waals surface area contributed by atoms with Gasteiger partial charge in [0.25, 0.3) is 5.69 Å². The highest BCUT2D eigenvalue weighted by Crippen LogP contribution is 2.26. The predicted molar refractivity (Wildman–Crippen MR) is 68.3 cm³/mol. The predicted octanol–water partition coefficient (Wildman–Crippen LogP) is 2.44. The number of hydrogen-bond donors (Lipinski definition) is 1. The Morgan fingerprint density at radius 1 is 1.47 bits per heavy atom. The number of ketones is 1. The summed E-state index contributed by atoms with van der Waals surface area (Å²) >= 11 is 0. The summed E-state index contributed by atoms with van der Waals surface area (Å²) in [6, 6.07) is 4.44. The summed E-state index contributed by atoms with van der Waals surface area (Å²) in [5.41, 5.74) is 1.14. The van der Waals surface area contributed by atoms with Crippen molar-refractivity contribution in [1.82, 2.24) is 4.98 Å². The van der Waals surface area contributed by atoms with E-state index in [1.165, 1.54) is 12.1 Å². The van der Waals surface area contributed by atoms with Crippen LogP contribution in [0.3, 0.4) is 0 Å². The van der Waals surface area contributed by atoms with Crippen LogP contribution in [0.15, 0.2) is 24.4 Å². The summed E-state index contributed by atoms with van der Waals surface area (Å²) in [7, 11) is 0. The molecular weight excluding hydrogens is 248 g/mol. The van der Waals surface area contributed by atoms with Gasteiger partial charge in [-0.1, -0.05) is 0 Å². The molecule has 1 unspecified atom stereocenters. The van der Waals surface area contributed by atoms with E-state index in [1.807, 2.05) is 0 Å². The number of non-ortho nitro benzene ring substituents is 1. The molecule has 2 heterocycles. The van der Waals surface area contributed by atoms with Gasteiger partial charge in [0.05, 0.1) is 10.4 Å². The van der Waals surface area contributed by atoms with Crippen molar-refractivity contribution in [2.75, 3.05) is 6.61 Å². The molecular formula is C13H12N2O4. The summed E-state index contributed by atoms with van der Waals surface area (Å²) in [4.78, 5) is 25.4. The maximum Gasteiger partial charge on any atom is 0.271 e. The van der Waals surface area contributed by atoms with E-state index in [0.717, 1.165) is 12.8 Å². The minimum atomic E-state index is -0.456. The number of benzene rings is 1. The fourth-order valence-corrected chi connectivity index (χ4v) is 2.39. The molecule has 98 valence electrons. The molecule has 1 aromatic heterocycles. The molecule has 2 aromatic rings. The van der Waals surface area contributed by atoms with E-state index in [1.54, 1.807) is 12.3 Å². The number of Topliss-reactive ketones (excluding diaryl/α,β-unsaturated/α-hetero) is 1. The Kier molecular flexibility index (Phi) is 2.79. The number of hydrogen-bond acceptors (Lipinski definition) is 4. The van der Waals surface area contributed by atoms with Gasteiger partial charge in [-0.15, -0.1) is 0 Å². The molecule has 1 aliphatic rings. The van der Waals surface area contributed by atoms with Crippen molar-refractivity contribution < 1.29 is 14.5 Å². The third kappa shape index (κ3) is 2.00. The average Bonchev–Trinajstić information content (AvgIpc) is 3.06. The molecule has 1 aliphatic heterocycles. The average molecular weight is 260 g/mol. The van der Waals surface area contributed by atoms with Crippen molar-refractivity contribution in [3.05, 3.63) is 40.1 Å². The van der Waals surface area contributed by atoms with Crippen molar-refractivity contribution >= 4 is 22.4 Å². The van der Waals surface area contributed by atoms with Crippen LogP contribution in [0.25, 0.3) is 10.9 Å². The zero-order valence-corrected chi connectivity index (χ0v) is 10.1. The van der Waals surface area contributed by atoms with Crippen molar-refractivity contribution in [3.63, 3.8) is 0 Å². The minimum Gasteiger partial charge on any atom is -0.370 e. The van der Waals surface area contributed by atoms with E-state index >= 15 is 0 Å². The highest BCUT2D eigenvalue weighted by Gasteiger charge is 2.26. The van der Waals surface area contributed by atoms with E-state index < -0.39 is 4.92 Å². The van der Waals surface area contributed by atoms with Gasteiger partial charge in [0.2, 0.25) is 0 Å². The molecule has 1 atom stereocenters. The van der Waals surface area contributed by atoms with Gasteiger partial charge in [-0.25, -0.2) is 0 Å². The highest BCUT2D eigenvalue weighted by molar-refractivity contribution is 6.10. The number of aromatic amines is 1. The van der Waals surface area contributed by atoms with E-state index in [-0.39, 0.29) is 17.6 Å². The summed E-state index contributed by atoms with van der Waals surface area (Å²) in [5, 5.41) is 11.4. The lowest BCUT2D eigenvalue weighted by molar-refractivity contribution is -0.384. The van der Waals surface area contributed by atoms with Crippen molar-refractivity contribution in [1.29, 1.82) is 0 Å². The molecule has 0 amide bonds. The Hall–Kier alpha value is -2.21. The third-order valence-corrected chi connectivity index (χ3v) is 3.36. The van der Waals surface area contributed by atoms with Crippen LogP contribution in [-0.4, -0.2) is 28.4 Å². The monoisotopic (exact) mass is 260 g/mol. The lowest BCUT2D eigenvalue weighted by Crippen LogP contribution is -2.18. The van der Waals surface area contributed by atoms with E-state index in [2.05, 4.69) is 4.98 Å². The topological polar surface area (TPSA) is 85.2 Å². The van der Waals surface area contributed by atoms with Gasteiger partial charge in [-0.2, -0.15) is 0 Å². The molecule has 0 radical (unpaired) electrons. The molecule has 6 heteroatoms. The van der Waals surface area contributed by atoms with Crippen LogP contribution in [0.4, 0.5) is 5.69 Å². The van der Waals surface area contributed by atoms with Crippen LogP contribution in [-0.2, 0) is 4.74 Å². The molecule has 1 fully saturated rings. The van der Waals surface area contributed by atoms with Crippen molar-refractivity contribution in [3.8, 4) is 0 Å². The zero-order chi connectivity index (χ0) is 13.4. The molecule has 0 aliphatic carbocycles. The quantitative estimate of drug-likeness (QED) is 0.521. The van der Waals surface area contributed by atoms with Crippen molar-refractivity contribution in [2.24, 2.45) is 0 Å². The summed E-state index contributed by atoms with van der Waals surface area (Å²) in [5.74, 6) is -0.0578. The van der Waals surface area contributed by atoms with Crippen molar-refractivity contribution in [2.45, 2.75) is 18.9 Å². The maximum atomic E-state index is 12.3. The van der Waals surface area contributed by atoms with Gasteiger partial charge in [-0.05, 0) is 18.9 Å². The van der Waals surface area contributed by atoms with Gasteiger partial charge in [0, 0.05) is 35.9 Å². The number of carbonyl (C=O) groups excluding carboxylic acids is 1. The first kappa shape index (κ1) is 11.9. The number of aromatic nitrogens is 1. The summed E-state index contributed by atoms with van der Waals surface area (Å²) < 4.78 is 5.38. The van der Waals surface area contributed by atoms with Gasteiger partial charge in [-0.3, -0.25) is 14.9 Å². The van der Waals surface area contributed by atoms with E-state index in [4.69, 9.17) is 4.74 Å². The second-order valence-electron chi connectivity index (χ2n) is 4.56. The molecule has 1 N–H and O–H groups in total. The molecule has 0 saturated carbocycles. The summed E-state index contributed by atoms with van der Waals surface area (Å²) in [6.45, 7) is 0.615. The fourth-order valence-electron chi connectivity index (χ4n) is 2.39. The van der Waals surface area contributed by atoms with Crippen LogP contribution >= 0.6 is 0 Å². The molecule has 0 bridgehead atoms. The lowest BCUT2D eigenvalue weighted by atomic mass is 10.0. The number of fused-ring (bicyclic) bond motifs is 1. The Labute approximate surface area is 108 Å². The van der Waals surface area contributed by atoms with E-state index in [0.29, 0.717) is 23.1 Å². The van der Waals surface area contributed by atoms with Crippen LogP contribution < -0.4 is 0 Å². The van der Waals surface area contributed by atoms with Gasteiger partial charge in [0.1, 0.15) is 6.10 Å². The van der Waals surface area contributed by atoms with Gasteiger partial charge < -0.3 is 9.72 Å². The highest BCUT2D eigenvalue weighted by atomic mass is 16.6. The van der Waals surface area contributed by atoms with Crippen LogP contribution in [0.2, 0.25) is 0 Å². The standard InChI is InChI=1S/C13H12N2O4/c16-13(12-2-1-5-19-12)10-7-14-11-6-8(15(17)18)3-4-9(10)11/h3-4,6-7,12,14H,1-2,5H2. The SMILES string of the molecule is O=C(c1c[nH]c2cc([N+](=O)[O-])ccc12)C1CCCO1. The Balaban J connectivity index is 2.00. The van der Waals surface area contributed by atoms with Crippen LogP contribution in [0, 0.1) is 10.1 Å². The van der Waals surface area contributed by atoms with Gasteiger partial charge in [0.15, 0.2) is 5.78 Å². The molecule has 0 spiro atoms. The number of nitrogens with zero attached hydrogens (tertiary/aromatic N) is 1. The summed E-state index contributed by atoms with van der Waals surface area (Å²) in [6.07, 6.45) is 2.84. The number of ether oxygens (including phenoxy) is 1. The molecule has 1 saturated heterocycles. The number of nitro benzene ring substituents is 1. The van der Waals surface area contributed by atoms with Gasteiger partial charge >= 0.3 is 0 Å². The Morgan fingerprint density at radius 2 is 2.32 bits per heavy atom. The first-order chi connectivity index (χ1) is 9.16. The van der Waals surface area contributed by atoms with Crippen LogP contribution in [0.1, 0.15) is 23.2 Å². The number of nitro groups is 1. The Bertz CT molecular complexity index is 656. The first-order valence-electron chi connectivity index (χ1n) is 6.08. The number of rotatable bonds is 3. The fraction of sp³-hybridized carbons (Fsp3) is 0.308. The largest absolute Gasteiger partial charge is 0.370 e. The lowest BCUT2D eigenvalue weighted by Gasteiger charge is -2.06. The molecule has 19 heavy (non-hydrogen) atoms. The Morgan fingerprint density at radius 3 is 3.00 bits per heavy atom. The molecule has 3 rings (SSSR count). The zero-order valence-electron chi connectivity index (χ0n) is 10.1. The smallest absolute Gasteiger partial charge is 0.271 e. The second kappa shape index (κ2) is 4.47. The first-order valence-corrected chi connectivity index (χ1v) is 6.08. The molecule has 6 nitrogen and oxygen atoms in total. The number of carbonyl (C=O) groups is 1. The number of H-pyrrole nitrogens is 1. The minimum absolute atomic E-state index is 0.00506.